The van der Waals surface area contributed by atoms with Crippen LogP contribution in [0.15, 0.2) is 28.8 Å². The highest BCUT2D eigenvalue weighted by Gasteiger charge is 2.30. The summed E-state index contributed by atoms with van der Waals surface area (Å²) in [6, 6.07) is 6.06. The Morgan fingerprint density at radius 3 is 2.67 bits per heavy atom. The van der Waals surface area contributed by atoms with Crippen LogP contribution in [-0.2, 0) is 4.79 Å². The Bertz CT molecular complexity index is 768. The first-order valence-electron chi connectivity index (χ1n) is 10.1. The first-order valence-corrected chi connectivity index (χ1v) is 10.1. The van der Waals surface area contributed by atoms with Crippen LogP contribution < -0.4 is 0 Å². The number of benzene rings is 1. The van der Waals surface area contributed by atoms with Crippen LogP contribution in [0.5, 0.6) is 0 Å². The number of amides is 1. The summed E-state index contributed by atoms with van der Waals surface area (Å²) in [7, 11) is 0. The number of halogens is 1. The molecule has 2 heterocycles. The Balaban J connectivity index is 1.39. The molecule has 27 heavy (non-hydrogen) atoms. The molecule has 2 aromatic rings. The van der Waals surface area contributed by atoms with Crippen molar-refractivity contribution in [1.82, 2.24) is 15.0 Å². The van der Waals surface area contributed by atoms with Gasteiger partial charge in [0, 0.05) is 25.1 Å². The Hall–Kier alpha value is -2.24. The molecule has 1 aliphatic carbocycles. The Morgan fingerprint density at radius 1 is 1.11 bits per heavy atom. The van der Waals surface area contributed by atoms with Gasteiger partial charge in [-0.2, -0.15) is 4.98 Å². The van der Waals surface area contributed by atoms with Gasteiger partial charge in [-0.25, -0.2) is 4.39 Å². The lowest BCUT2D eigenvalue weighted by atomic mass is 9.86. The van der Waals surface area contributed by atoms with E-state index in [-0.39, 0.29) is 17.6 Å². The van der Waals surface area contributed by atoms with Crippen LogP contribution in [0.1, 0.15) is 63.2 Å². The Kier molecular flexibility index (Phi) is 5.50. The Labute approximate surface area is 158 Å². The van der Waals surface area contributed by atoms with Gasteiger partial charge in [0.2, 0.25) is 17.6 Å². The molecule has 1 unspecified atom stereocenters. The molecule has 144 valence electrons. The topological polar surface area (TPSA) is 59.2 Å². The molecule has 0 radical (unpaired) electrons. The predicted octanol–water partition coefficient (Wildman–Crippen LogP) is 4.55. The molecule has 1 aliphatic heterocycles. The molecule has 2 aliphatic rings. The monoisotopic (exact) mass is 371 g/mol. The molecule has 6 heteroatoms. The first kappa shape index (κ1) is 18.1. The SMILES string of the molecule is O=C(CC1CCCCC1)N1CCCC(c2nc(-c3ccc(F)cc3)no2)C1. The van der Waals surface area contributed by atoms with Crippen molar-refractivity contribution >= 4 is 5.91 Å². The van der Waals surface area contributed by atoms with Crippen molar-refractivity contribution in [2.75, 3.05) is 13.1 Å². The maximum atomic E-state index is 13.1. The van der Waals surface area contributed by atoms with Gasteiger partial charge in [0.15, 0.2) is 0 Å². The molecule has 0 bridgehead atoms. The first-order chi connectivity index (χ1) is 13.2. The Morgan fingerprint density at radius 2 is 1.89 bits per heavy atom. The van der Waals surface area contributed by atoms with Crippen molar-refractivity contribution in [3.63, 3.8) is 0 Å². The van der Waals surface area contributed by atoms with E-state index in [0.717, 1.165) is 24.9 Å². The summed E-state index contributed by atoms with van der Waals surface area (Å²) in [5, 5.41) is 4.04. The summed E-state index contributed by atoms with van der Waals surface area (Å²) in [4.78, 5) is 19.2. The molecule has 0 spiro atoms. The highest BCUT2D eigenvalue weighted by atomic mass is 19.1. The fourth-order valence-electron chi connectivity index (χ4n) is 4.29. The normalized spacial score (nSPS) is 21.4. The molecular formula is C21H26FN3O2. The van der Waals surface area contributed by atoms with Crippen molar-refractivity contribution in [3.8, 4) is 11.4 Å². The van der Waals surface area contributed by atoms with E-state index in [1.807, 2.05) is 4.90 Å². The number of hydrogen-bond donors (Lipinski definition) is 0. The van der Waals surface area contributed by atoms with Crippen LogP contribution in [0.3, 0.4) is 0 Å². The summed E-state index contributed by atoms with van der Waals surface area (Å²) < 4.78 is 18.6. The van der Waals surface area contributed by atoms with E-state index >= 15 is 0 Å². The summed E-state index contributed by atoms with van der Waals surface area (Å²) >= 11 is 0. The highest BCUT2D eigenvalue weighted by Crippen LogP contribution is 2.30. The lowest BCUT2D eigenvalue weighted by Crippen LogP contribution is -2.40. The molecule has 1 saturated heterocycles. The molecule has 5 nitrogen and oxygen atoms in total. The standard InChI is InChI=1S/C21H26FN3O2/c22-18-10-8-16(9-11-18)20-23-21(27-24-20)17-7-4-12-25(14-17)19(26)13-15-5-2-1-3-6-15/h8-11,15,17H,1-7,12-14H2. The van der Waals surface area contributed by atoms with Crippen LogP contribution in [0.4, 0.5) is 4.39 Å². The van der Waals surface area contributed by atoms with Crippen molar-refractivity contribution in [2.45, 2.75) is 57.3 Å². The number of nitrogens with zero attached hydrogens (tertiary/aromatic N) is 3. The zero-order chi connectivity index (χ0) is 18.6. The van der Waals surface area contributed by atoms with Crippen LogP contribution >= 0.6 is 0 Å². The maximum Gasteiger partial charge on any atom is 0.231 e. The maximum absolute atomic E-state index is 13.1. The van der Waals surface area contributed by atoms with E-state index in [1.54, 1.807) is 12.1 Å². The molecule has 1 saturated carbocycles. The third-order valence-electron chi connectivity index (χ3n) is 5.86. The van der Waals surface area contributed by atoms with Crippen molar-refractivity contribution in [1.29, 1.82) is 0 Å². The van der Waals surface area contributed by atoms with E-state index in [0.29, 0.717) is 30.6 Å². The fourth-order valence-corrected chi connectivity index (χ4v) is 4.29. The molecule has 4 rings (SSSR count). The van der Waals surface area contributed by atoms with Crippen molar-refractivity contribution in [3.05, 3.63) is 36.0 Å². The van der Waals surface area contributed by atoms with Crippen LogP contribution in [0.25, 0.3) is 11.4 Å². The van der Waals surface area contributed by atoms with Gasteiger partial charge in [0.25, 0.3) is 0 Å². The smallest absolute Gasteiger partial charge is 0.231 e. The second-order valence-corrected chi connectivity index (χ2v) is 7.85. The van der Waals surface area contributed by atoms with E-state index in [9.17, 15) is 9.18 Å². The summed E-state index contributed by atoms with van der Waals surface area (Å²) in [5.74, 6) is 1.66. The molecule has 1 aromatic carbocycles. The number of aromatic nitrogens is 2. The lowest BCUT2D eigenvalue weighted by molar-refractivity contribution is -0.133. The average molecular weight is 371 g/mol. The minimum absolute atomic E-state index is 0.0794. The number of likely N-dealkylation sites (tertiary alicyclic amines) is 1. The van der Waals surface area contributed by atoms with Crippen molar-refractivity contribution < 1.29 is 13.7 Å². The van der Waals surface area contributed by atoms with Gasteiger partial charge in [-0.05, 0) is 55.9 Å². The van der Waals surface area contributed by atoms with Gasteiger partial charge >= 0.3 is 0 Å². The second kappa shape index (κ2) is 8.19. The summed E-state index contributed by atoms with van der Waals surface area (Å²) in [6.07, 6.45) is 8.78. The van der Waals surface area contributed by atoms with E-state index in [4.69, 9.17) is 4.52 Å². The minimum Gasteiger partial charge on any atom is -0.342 e. The quantitative estimate of drug-likeness (QED) is 0.791. The van der Waals surface area contributed by atoms with Crippen LogP contribution in [-0.4, -0.2) is 34.0 Å². The number of carbonyl (C=O) groups excluding carboxylic acids is 1. The fraction of sp³-hybridized carbons (Fsp3) is 0.571. The number of hydrogen-bond acceptors (Lipinski definition) is 4. The van der Waals surface area contributed by atoms with Crippen LogP contribution in [0.2, 0.25) is 0 Å². The number of carbonyl (C=O) groups is 1. The van der Waals surface area contributed by atoms with E-state index in [1.165, 1.54) is 44.2 Å². The van der Waals surface area contributed by atoms with Crippen molar-refractivity contribution in [2.24, 2.45) is 5.92 Å². The van der Waals surface area contributed by atoms with Gasteiger partial charge in [-0.1, -0.05) is 24.4 Å². The largest absolute Gasteiger partial charge is 0.342 e. The summed E-state index contributed by atoms with van der Waals surface area (Å²) in [5.41, 5.74) is 0.729. The minimum atomic E-state index is -0.290. The lowest BCUT2D eigenvalue weighted by Gasteiger charge is -2.32. The van der Waals surface area contributed by atoms with Gasteiger partial charge < -0.3 is 9.42 Å². The number of piperidine rings is 1. The van der Waals surface area contributed by atoms with Crippen LogP contribution in [0, 0.1) is 11.7 Å². The highest BCUT2D eigenvalue weighted by molar-refractivity contribution is 5.76. The average Bonchev–Trinajstić information content (AvgIpc) is 3.20. The third kappa shape index (κ3) is 4.37. The third-order valence-corrected chi connectivity index (χ3v) is 5.86. The zero-order valence-corrected chi connectivity index (χ0v) is 15.6. The van der Waals surface area contributed by atoms with Gasteiger partial charge in [0.1, 0.15) is 5.82 Å². The molecule has 2 fully saturated rings. The van der Waals surface area contributed by atoms with E-state index < -0.39 is 0 Å². The van der Waals surface area contributed by atoms with Gasteiger partial charge in [0.05, 0.1) is 5.92 Å². The molecule has 1 atom stereocenters. The van der Waals surface area contributed by atoms with E-state index in [2.05, 4.69) is 10.1 Å². The summed E-state index contributed by atoms with van der Waals surface area (Å²) in [6.45, 7) is 1.47. The molecule has 1 aromatic heterocycles. The van der Waals surface area contributed by atoms with Gasteiger partial charge in [-0.3, -0.25) is 4.79 Å². The molecular weight excluding hydrogens is 345 g/mol. The second-order valence-electron chi connectivity index (χ2n) is 7.85. The predicted molar refractivity (Wildman–Crippen MR) is 99.4 cm³/mol. The molecule has 1 amide bonds. The molecule has 0 N–H and O–H groups in total. The van der Waals surface area contributed by atoms with Gasteiger partial charge in [-0.15, -0.1) is 0 Å². The zero-order valence-electron chi connectivity index (χ0n) is 15.6. The number of rotatable bonds is 4.